The van der Waals surface area contributed by atoms with Gasteiger partial charge in [-0.05, 0) is 19.1 Å². The summed E-state index contributed by atoms with van der Waals surface area (Å²) >= 11 is 6.29. The standard InChI is InChI=1S/C13H19ClN2O3/c1-2-18-13(17)16-7-5-15(6-8-16)10-11(14)12-4-3-9-19-12/h3-4,9,11H,2,5-8,10H2,1H3. The highest BCUT2D eigenvalue weighted by Crippen LogP contribution is 2.22. The molecule has 0 saturated carbocycles. The van der Waals surface area contributed by atoms with Crippen LogP contribution >= 0.6 is 11.6 Å². The number of piperazine rings is 1. The molecule has 2 rings (SSSR count). The lowest BCUT2D eigenvalue weighted by molar-refractivity contribution is 0.0792. The van der Waals surface area contributed by atoms with Crippen molar-refractivity contribution in [3.8, 4) is 0 Å². The SMILES string of the molecule is CCOC(=O)N1CCN(CC(Cl)c2ccco2)CC1. The van der Waals surface area contributed by atoms with Crippen LogP contribution in [-0.4, -0.2) is 55.2 Å². The van der Waals surface area contributed by atoms with Crippen LogP contribution in [0.15, 0.2) is 22.8 Å². The molecule has 0 N–H and O–H groups in total. The molecule has 1 saturated heterocycles. The van der Waals surface area contributed by atoms with Crippen molar-refractivity contribution in [1.82, 2.24) is 9.80 Å². The summed E-state index contributed by atoms with van der Waals surface area (Å²) in [5.41, 5.74) is 0. The molecule has 5 nitrogen and oxygen atoms in total. The predicted molar refractivity (Wildman–Crippen MR) is 72.3 cm³/mol. The smallest absolute Gasteiger partial charge is 0.409 e. The third kappa shape index (κ3) is 3.88. The summed E-state index contributed by atoms with van der Waals surface area (Å²) in [6.07, 6.45) is 1.40. The van der Waals surface area contributed by atoms with Crippen LogP contribution in [0.4, 0.5) is 4.79 Å². The third-order valence-electron chi connectivity index (χ3n) is 3.17. The molecule has 1 fully saturated rings. The van der Waals surface area contributed by atoms with Crippen molar-refractivity contribution in [2.24, 2.45) is 0 Å². The van der Waals surface area contributed by atoms with Gasteiger partial charge in [0.05, 0.1) is 12.9 Å². The Balaban J connectivity index is 1.76. The second kappa shape index (κ2) is 6.82. The summed E-state index contributed by atoms with van der Waals surface area (Å²) in [6, 6.07) is 3.72. The fourth-order valence-electron chi connectivity index (χ4n) is 2.11. The molecule has 1 unspecified atom stereocenters. The number of carbonyl (C=O) groups is 1. The van der Waals surface area contributed by atoms with Gasteiger partial charge in [0, 0.05) is 32.7 Å². The lowest BCUT2D eigenvalue weighted by atomic mass is 10.2. The molecule has 19 heavy (non-hydrogen) atoms. The van der Waals surface area contributed by atoms with E-state index >= 15 is 0 Å². The van der Waals surface area contributed by atoms with E-state index in [1.54, 1.807) is 11.2 Å². The summed E-state index contributed by atoms with van der Waals surface area (Å²) in [7, 11) is 0. The van der Waals surface area contributed by atoms with E-state index in [0.717, 1.165) is 25.4 Å². The quantitative estimate of drug-likeness (QED) is 0.797. The Morgan fingerprint density at radius 2 is 2.21 bits per heavy atom. The zero-order chi connectivity index (χ0) is 13.7. The Kier molecular flexibility index (Phi) is 5.10. The molecule has 1 aromatic heterocycles. The lowest BCUT2D eigenvalue weighted by Crippen LogP contribution is -2.49. The van der Waals surface area contributed by atoms with E-state index in [2.05, 4.69) is 4.90 Å². The van der Waals surface area contributed by atoms with Crippen LogP contribution < -0.4 is 0 Å². The summed E-state index contributed by atoms with van der Waals surface area (Å²) in [6.45, 7) is 5.94. The number of alkyl halides is 1. The van der Waals surface area contributed by atoms with Gasteiger partial charge in [0.2, 0.25) is 0 Å². The maximum Gasteiger partial charge on any atom is 0.409 e. The first-order valence-electron chi connectivity index (χ1n) is 6.52. The van der Waals surface area contributed by atoms with E-state index in [1.165, 1.54) is 0 Å². The van der Waals surface area contributed by atoms with Crippen LogP contribution in [0.2, 0.25) is 0 Å². The number of furan rings is 1. The van der Waals surface area contributed by atoms with Crippen molar-refractivity contribution in [1.29, 1.82) is 0 Å². The zero-order valence-corrected chi connectivity index (χ0v) is 11.8. The molecule has 1 amide bonds. The monoisotopic (exact) mass is 286 g/mol. The summed E-state index contributed by atoms with van der Waals surface area (Å²) in [5.74, 6) is 0.787. The number of halogens is 1. The average Bonchev–Trinajstić information content (AvgIpc) is 2.94. The lowest BCUT2D eigenvalue weighted by Gasteiger charge is -2.34. The average molecular weight is 287 g/mol. The molecule has 0 radical (unpaired) electrons. The Bertz CT molecular complexity index is 389. The van der Waals surface area contributed by atoms with E-state index in [0.29, 0.717) is 19.7 Å². The van der Waals surface area contributed by atoms with Gasteiger partial charge in [0.15, 0.2) is 0 Å². The second-order valence-corrected chi connectivity index (χ2v) is 5.00. The van der Waals surface area contributed by atoms with Gasteiger partial charge >= 0.3 is 6.09 Å². The minimum absolute atomic E-state index is 0.149. The number of hydrogen-bond acceptors (Lipinski definition) is 4. The molecule has 0 bridgehead atoms. The fourth-order valence-corrected chi connectivity index (χ4v) is 2.43. The van der Waals surface area contributed by atoms with Gasteiger partial charge in [-0.3, -0.25) is 4.90 Å². The molecule has 106 valence electrons. The maximum absolute atomic E-state index is 11.6. The first-order valence-corrected chi connectivity index (χ1v) is 6.96. The second-order valence-electron chi connectivity index (χ2n) is 4.47. The molecule has 1 atom stereocenters. The first kappa shape index (κ1) is 14.2. The molecule has 1 aromatic rings. The number of rotatable bonds is 4. The van der Waals surface area contributed by atoms with Gasteiger partial charge in [-0.2, -0.15) is 0 Å². The van der Waals surface area contributed by atoms with Crippen molar-refractivity contribution in [2.45, 2.75) is 12.3 Å². The van der Waals surface area contributed by atoms with Crippen LogP contribution in [0.25, 0.3) is 0 Å². The van der Waals surface area contributed by atoms with Gasteiger partial charge in [0.25, 0.3) is 0 Å². The van der Waals surface area contributed by atoms with Crippen LogP contribution in [0.1, 0.15) is 18.1 Å². The molecule has 1 aliphatic heterocycles. The van der Waals surface area contributed by atoms with E-state index in [4.69, 9.17) is 20.8 Å². The number of nitrogens with zero attached hydrogens (tertiary/aromatic N) is 2. The number of ether oxygens (including phenoxy) is 1. The van der Waals surface area contributed by atoms with Crippen LogP contribution in [0.5, 0.6) is 0 Å². The van der Waals surface area contributed by atoms with E-state index in [-0.39, 0.29) is 11.5 Å². The van der Waals surface area contributed by atoms with E-state index in [9.17, 15) is 4.79 Å². The van der Waals surface area contributed by atoms with E-state index < -0.39 is 0 Å². The van der Waals surface area contributed by atoms with Gasteiger partial charge in [-0.1, -0.05) is 0 Å². The van der Waals surface area contributed by atoms with Gasteiger partial charge < -0.3 is 14.1 Å². The van der Waals surface area contributed by atoms with Crippen molar-refractivity contribution in [2.75, 3.05) is 39.3 Å². The van der Waals surface area contributed by atoms with Crippen molar-refractivity contribution in [3.63, 3.8) is 0 Å². The van der Waals surface area contributed by atoms with Gasteiger partial charge in [-0.25, -0.2) is 4.79 Å². The van der Waals surface area contributed by atoms with Gasteiger partial charge in [0.1, 0.15) is 11.1 Å². The highest BCUT2D eigenvalue weighted by Gasteiger charge is 2.24. The molecule has 6 heteroatoms. The van der Waals surface area contributed by atoms with Crippen LogP contribution in [0.3, 0.4) is 0 Å². The molecule has 0 spiro atoms. The molecule has 0 aromatic carbocycles. The summed E-state index contributed by atoms with van der Waals surface area (Å²) in [4.78, 5) is 15.5. The molecule has 0 aliphatic carbocycles. The van der Waals surface area contributed by atoms with Crippen LogP contribution in [-0.2, 0) is 4.74 Å². The Morgan fingerprint density at radius 3 is 2.79 bits per heavy atom. The number of amides is 1. The first-order chi connectivity index (χ1) is 9.20. The Hall–Kier alpha value is -1.20. The fraction of sp³-hybridized carbons (Fsp3) is 0.615. The van der Waals surface area contributed by atoms with Crippen molar-refractivity contribution in [3.05, 3.63) is 24.2 Å². The molecule has 2 heterocycles. The highest BCUT2D eigenvalue weighted by atomic mass is 35.5. The molecular weight excluding hydrogens is 268 g/mol. The topological polar surface area (TPSA) is 45.9 Å². The largest absolute Gasteiger partial charge is 0.468 e. The molecular formula is C13H19ClN2O3. The minimum atomic E-state index is -0.226. The zero-order valence-electron chi connectivity index (χ0n) is 11.0. The van der Waals surface area contributed by atoms with E-state index in [1.807, 2.05) is 19.1 Å². The van der Waals surface area contributed by atoms with Gasteiger partial charge in [-0.15, -0.1) is 11.6 Å². The highest BCUT2D eigenvalue weighted by molar-refractivity contribution is 6.20. The summed E-state index contributed by atoms with van der Waals surface area (Å²) in [5, 5.41) is -0.149. The maximum atomic E-state index is 11.6. The summed E-state index contributed by atoms with van der Waals surface area (Å²) < 4.78 is 10.3. The Morgan fingerprint density at radius 1 is 1.47 bits per heavy atom. The Labute approximate surface area is 118 Å². The number of hydrogen-bond donors (Lipinski definition) is 0. The number of carbonyl (C=O) groups excluding carboxylic acids is 1. The third-order valence-corrected chi connectivity index (χ3v) is 3.52. The van der Waals surface area contributed by atoms with Crippen molar-refractivity contribution < 1.29 is 13.9 Å². The normalized spacial score (nSPS) is 18.3. The predicted octanol–water partition coefficient (Wildman–Crippen LogP) is 2.33. The van der Waals surface area contributed by atoms with Crippen LogP contribution in [0, 0.1) is 0 Å². The molecule has 1 aliphatic rings. The van der Waals surface area contributed by atoms with Crippen molar-refractivity contribution >= 4 is 17.7 Å². The minimum Gasteiger partial charge on any atom is -0.468 e.